The molecule has 3 heterocycles. The first-order chi connectivity index (χ1) is 15.2. The molecule has 4 aromatic rings. The summed E-state index contributed by atoms with van der Waals surface area (Å²) in [5.41, 5.74) is 3.95. The number of rotatable bonds is 5. The normalized spacial score (nSPS) is 13.2. The van der Waals surface area contributed by atoms with Crippen molar-refractivity contribution in [3.8, 4) is 11.9 Å². The predicted octanol–water partition coefficient (Wildman–Crippen LogP) is 4.54. The van der Waals surface area contributed by atoms with Gasteiger partial charge in [-0.25, -0.2) is 15.0 Å². The Morgan fingerprint density at radius 3 is 2.77 bits per heavy atom. The fourth-order valence-corrected chi connectivity index (χ4v) is 4.06. The number of nitrogens with zero attached hydrogens (tertiary/aromatic N) is 5. The molecule has 0 saturated heterocycles. The van der Waals surface area contributed by atoms with Gasteiger partial charge in [0.25, 0.3) is 5.91 Å². The van der Waals surface area contributed by atoms with Crippen LogP contribution in [0, 0.1) is 11.3 Å². The summed E-state index contributed by atoms with van der Waals surface area (Å²) in [7, 11) is 0. The quantitative estimate of drug-likeness (QED) is 0.471. The summed E-state index contributed by atoms with van der Waals surface area (Å²) in [6, 6.07) is 15.3. The first-order valence-electron chi connectivity index (χ1n) is 9.87. The lowest BCUT2D eigenvalue weighted by Gasteiger charge is -2.11. The third-order valence-corrected chi connectivity index (χ3v) is 5.94. The van der Waals surface area contributed by atoms with Crippen LogP contribution >= 0.6 is 11.8 Å². The number of amides is 1. The van der Waals surface area contributed by atoms with Crippen LogP contribution < -0.4 is 5.32 Å². The van der Waals surface area contributed by atoms with E-state index in [-0.39, 0.29) is 5.91 Å². The van der Waals surface area contributed by atoms with Gasteiger partial charge >= 0.3 is 0 Å². The Kier molecular flexibility index (Phi) is 4.88. The van der Waals surface area contributed by atoms with E-state index in [0.29, 0.717) is 33.6 Å². The Hall–Kier alpha value is -3.70. The largest absolute Gasteiger partial charge is 0.321 e. The van der Waals surface area contributed by atoms with Gasteiger partial charge in [-0.3, -0.25) is 9.36 Å². The molecular formula is C23H18N6OS. The number of thioether (sulfide) groups is 1. The highest BCUT2D eigenvalue weighted by Gasteiger charge is 2.28. The third kappa shape index (κ3) is 3.64. The summed E-state index contributed by atoms with van der Waals surface area (Å²) >= 11 is 1.38. The van der Waals surface area contributed by atoms with Crippen molar-refractivity contribution in [2.45, 2.75) is 23.8 Å². The molecule has 0 spiro atoms. The number of nitrogens with one attached hydrogen (secondary N) is 1. The SMILES string of the molecule is CSc1nc(C2CC2)cc(C(=O)Nc2ccc(-n3cnc4ccccc43)nc2)c1C#N. The molecule has 0 atom stereocenters. The number of fused-ring (bicyclic) bond motifs is 1. The molecule has 0 aliphatic heterocycles. The van der Waals surface area contributed by atoms with Crippen molar-refractivity contribution in [3.05, 3.63) is 71.8 Å². The van der Waals surface area contributed by atoms with E-state index in [1.54, 1.807) is 24.7 Å². The molecule has 1 fully saturated rings. The zero-order valence-electron chi connectivity index (χ0n) is 16.7. The van der Waals surface area contributed by atoms with Crippen LogP contribution in [0.2, 0.25) is 0 Å². The summed E-state index contributed by atoms with van der Waals surface area (Å²) in [5.74, 6) is 0.754. The summed E-state index contributed by atoms with van der Waals surface area (Å²) in [6.45, 7) is 0. The van der Waals surface area contributed by atoms with Crippen LogP contribution in [0.3, 0.4) is 0 Å². The molecule has 1 N–H and O–H groups in total. The molecule has 0 unspecified atom stereocenters. The zero-order valence-corrected chi connectivity index (χ0v) is 17.6. The van der Waals surface area contributed by atoms with Crippen LogP contribution in [0.25, 0.3) is 16.9 Å². The van der Waals surface area contributed by atoms with Crippen molar-refractivity contribution in [1.82, 2.24) is 19.5 Å². The highest BCUT2D eigenvalue weighted by atomic mass is 32.2. The van der Waals surface area contributed by atoms with E-state index in [4.69, 9.17) is 0 Å². The Morgan fingerprint density at radius 1 is 1.23 bits per heavy atom. The van der Waals surface area contributed by atoms with Crippen LogP contribution in [0.4, 0.5) is 5.69 Å². The van der Waals surface area contributed by atoms with Gasteiger partial charge in [-0.15, -0.1) is 11.8 Å². The number of nitriles is 1. The lowest BCUT2D eigenvalue weighted by atomic mass is 10.1. The molecule has 0 radical (unpaired) electrons. The molecule has 31 heavy (non-hydrogen) atoms. The van der Waals surface area contributed by atoms with Crippen LogP contribution in [-0.2, 0) is 0 Å². The average molecular weight is 427 g/mol. The number of pyridine rings is 2. The topological polar surface area (TPSA) is 96.5 Å². The molecule has 1 aromatic carbocycles. The molecule has 152 valence electrons. The molecule has 3 aromatic heterocycles. The van der Waals surface area contributed by atoms with Gasteiger partial charge in [0.1, 0.15) is 23.2 Å². The maximum atomic E-state index is 13.0. The molecule has 8 heteroatoms. The lowest BCUT2D eigenvalue weighted by molar-refractivity contribution is 0.102. The number of anilines is 1. The minimum atomic E-state index is -0.334. The summed E-state index contributed by atoms with van der Waals surface area (Å²) in [6.07, 6.45) is 7.34. The monoisotopic (exact) mass is 426 g/mol. The third-order valence-electron chi connectivity index (χ3n) is 5.26. The van der Waals surface area contributed by atoms with Crippen LogP contribution in [0.5, 0.6) is 0 Å². The van der Waals surface area contributed by atoms with E-state index in [1.165, 1.54) is 11.8 Å². The summed E-state index contributed by atoms with van der Waals surface area (Å²) in [4.78, 5) is 26.4. The van der Waals surface area contributed by atoms with Crippen LogP contribution in [0.1, 0.15) is 40.4 Å². The van der Waals surface area contributed by atoms with Crippen molar-refractivity contribution in [1.29, 1.82) is 5.26 Å². The number of hydrogen-bond donors (Lipinski definition) is 1. The first kappa shape index (κ1) is 19.3. The second kappa shape index (κ2) is 7.85. The van der Waals surface area contributed by atoms with Gasteiger partial charge < -0.3 is 5.32 Å². The van der Waals surface area contributed by atoms with E-state index < -0.39 is 0 Å². The van der Waals surface area contributed by atoms with Crippen molar-refractivity contribution < 1.29 is 4.79 Å². The van der Waals surface area contributed by atoms with Gasteiger partial charge in [-0.05, 0) is 49.4 Å². The van der Waals surface area contributed by atoms with E-state index in [9.17, 15) is 10.1 Å². The van der Waals surface area contributed by atoms with Gasteiger partial charge in [-0.2, -0.15) is 5.26 Å². The van der Waals surface area contributed by atoms with Crippen LogP contribution in [0.15, 0.2) is 60.0 Å². The second-order valence-electron chi connectivity index (χ2n) is 7.33. The first-order valence-corrected chi connectivity index (χ1v) is 11.1. The average Bonchev–Trinajstić information content (AvgIpc) is 3.57. The van der Waals surface area contributed by atoms with Gasteiger partial charge in [0.15, 0.2) is 0 Å². The second-order valence-corrected chi connectivity index (χ2v) is 8.12. The Balaban J connectivity index is 1.42. The van der Waals surface area contributed by atoms with Gasteiger partial charge in [0.2, 0.25) is 0 Å². The maximum Gasteiger partial charge on any atom is 0.257 e. The van der Waals surface area contributed by atoms with Crippen LogP contribution in [-0.4, -0.2) is 31.7 Å². The molecule has 1 aliphatic rings. The molecule has 5 rings (SSSR count). The van der Waals surface area contributed by atoms with Gasteiger partial charge in [0, 0.05) is 11.6 Å². The number of carbonyl (C=O) groups excluding carboxylic acids is 1. The number of aromatic nitrogens is 4. The number of hydrogen-bond acceptors (Lipinski definition) is 6. The van der Waals surface area contributed by atoms with E-state index in [1.807, 2.05) is 41.2 Å². The molecule has 1 amide bonds. The highest BCUT2D eigenvalue weighted by molar-refractivity contribution is 7.98. The smallest absolute Gasteiger partial charge is 0.257 e. The Bertz CT molecular complexity index is 1330. The van der Waals surface area contributed by atoms with E-state index >= 15 is 0 Å². The zero-order chi connectivity index (χ0) is 21.4. The fraction of sp³-hybridized carbons (Fsp3) is 0.174. The predicted molar refractivity (Wildman–Crippen MR) is 120 cm³/mol. The molecule has 7 nitrogen and oxygen atoms in total. The minimum Gasteiger partial charge on any atom is -0.321 e. The number of para-hydroxylation sites is 2. The standard InChI is InChI=1S/C23H18N6OS/c1-31-23-17(11-24)16(10-19(28-23)14-6-7-14)22(30)27-15-8-9-21(25-12-15)29-13-26-18-4-2-3-5-20(18)29/h2-5,8-10,12-14H,6-7H2,1H3,(H,27,30). The number of carbonyl (C=O) groups is 1. The minimum absolute atomic E-state index is 0.309. The van der Waals surface area contributed by atoms with Crippen molar-refractivity contribution >= 4 is 34.4 Å². The van der Waals surface area contributed by atoms with Gasteiger partial charge in [-0.1, -0.05) is 12.1 Å². The summed E-state index contributed by atoms with van der Waals surface area (Å²) < 4.78 is 1.89. The van der Waals surface area contributed by atoms with Crippen molar-refractivity contribution in [3.63, 3.8) is 0 Å². The Morgan fingerprint density at radius 2 is 2.06 bits per heavy atom. The summed E-state index contributed by atoms with van der Waals surface area (Å²) in [5, 5.41) is 13.1. The van der Waals surface area contributed by atoms with E-state index in [0.717, 1.165) is 29.6 Å². The molecule has 0 bridgehead atoms. The number of imidazole rings is 1. The maximum absolute atomic E-state index is 13.0. The molecular weight excluding hydrogens is 408 g/mol. The van der Waals surface area contributed by atoms with Gasteiger partial charge in [0.05, 0.1) is 34.0 Å². The van der Waals surface area contributed by atoms with E-state index in [2.05, 4.69) is 26.3 Å². The number of benzene rings is 1. The van der Waals surface area contributed by atoms with Crippen molar-refractivity contribution in [2.75, 3.05) is 11.6 Å². The fourth-order valence-electron chi connectivity index (χ4n) is 3.51. The highest BCUT2D eigenvalue weighted by Crippen LogP contribution is 2.40. The van der Waals surface area contributed by atoms with Crippen molar-refractivity contribution in [2.24, 2.45) is 0 Å². The molecule has 1 aliphatic carbocycles. The Labute approximate surface area is 183 Å². The molecule has 1 saturated carbocycles. The lowest BCUT2D eigenvalue weighted by Crippen LogP contribution is -2.15.